The Balaban J connectivity index is 1.68. The van der Waals surface area contributed by atoms with E-state index in [9.17, 15) is 14.7 Å². The van der Waals surface area contributed by atoms with Crippen LogP contribution < -0.4 is 23.8 Å². The van der Waals surface area contributed by atoms with Crippen LogP contribution in [-0.2, 0) is 9.59 Å². The highest BCUT2D eigenvalue weighted by atomic mass is 16.6. The van der Waals surface area contributed by atoms with Crippen molar-refractivity contribution in [2.24, 2.45) is 0 Å². The van der Waals surface area contributed by atoms with Gasteiger partial charge in [0.15, 0.2) is 11.5 Å². The molecule has 1 saturated heterocycles. The van der Waals surface area contributed by atoms with E-state index >= 15 is 0 Å². The van der Waals surface area contributed by atoms with Crippen LogP contribution in [0.15, 0.2) is 72.3 Å². The van der Waals surface area contributed by atoms with E-state index in [4.69, 9.17) is 18.9 Å². The predicted octanol–water partition coefficient (Wildman–Crippen LogP) is 4.88. The van der Waals surface area contributed by atoms with E-state index in [2.05, 4.69) is 0 Å². The molecule has 8 nitrogen and oxygen atoms in total. The zero-order chi connectivity index (χ0) is 25.9. The first-order valence-electron chi connectivity index (χ1n) is 12.1. The third kappa shape index (κ3) is 4.46. The zero-order valence-electron chi connectivity index (χ0n) is 20.6. The van der Waals surface area contributed by atoms with Crippen molar-refractivity contribution in [2.75, 3.05) is 31.8 Å². The molecule has 1 fully saturated rings. The third-order valence-electron chi connectivity index (χ3n) is 6.26. The Hall–Kier alpha value is -4.46. The van der Waals surface area contributed by atoms with Crippen molar-refractivity contribution < 1.29 is 33.6 Å². The van der Waals surface area contributed by atoms with Crippen LogP contribution in [0, 0.1) is 0 Å². The number of para-hydroxylation sites is 1. The number of rotatable bonds is 7. The first-order valence-corrected chi connectivity index (χ1v) is 12.1. The minimum atomic E-state index is -0.945. The fourth-order valence-corrected chi connectivity index (χ4v) is 4.58. The number of carbonyl (C=O) groups excluding carboxylic acids is 2. The Morgan fingerprint density at radius 2 is 1.78 bits per heavy atom. The number of ether oxygens (including phenoxy) is 4. The lowest BCUT2D eigenvalue weighted by Crippen LogP contribution is -2.30. The lowest BCUT2D eigenvalue weighted by atomic mass is 9.94. The van der Waals surface area contributed by atoms with Gasteiger partial charge in [0.05, 0.1) is 25.3 Å². The first kappa shape index (κ1) is 24.2. The molecule has 5 rings (SSSR count). The molecule has 1 unspecified atom stereocenters. The largest absolute Gasteiger partial charge is 0.507 e. The Kier molecular flexibility index (Phi) is 6.72. The summed E-state index contributed by atoms with van der Waals surface area (Å²) < 4.78 is 22.6. The number of hydrogen-bond acceptors (Lipinski definition) is 7. The fraction of sp³-hybridized carbons (Fsp3) is 0.241. The molecule has 1 N–H and O–H groups in total. The summed E-state index contributed by atoms with van der Waals surface area (Å²) in [6.45, 7) is 3.32. The SMILES string of the molecule is CCCOc1cccc(/C(O)=C2\C(=O)C(=O)N(c3ccc4c(c3)OCCO4)C2c2ccccc2OC)c1. The molecule has 190 valence electrons. The number of hydrogen-bond donors (Lipinski definition) is 1. The number of fused-ring (bicyclic) bond motifs is 1. The molecule has 0 aliphatic carbocycles. The molecule has 0 spiro atoms. The molecule has 8 heteroatoms. The highest BCUT2D eigenvalue weighted by Crippen LogP contribution is 2.46. The Bertz CT molecular complexity index is 1380. The van der Waals surface area contributed by atoms with Crippen molar-refractivity contribution in [2.45, 2.75) is 19.4 Å². The Morgan fingerprint density at radius 1 is 1.00 bits per heavy atom. The summed E-state index contributed by atoms with van der Waals surface area (Å²) >= 11 is 0. The van der Waals surface area contributed by atoms with E-state index in [1.807, 2.05) is 6.92 Å². The fourth-order valence-electron chi connectivity index (χ4n) is 4.58. The average molecular weight is 502 g/mol. The molecular weight excluding hydrogens is 474 g/mol. The third-order valence-corrected chi connectivity index (χ3v) is 6.26. The van der Waals surface area contributed by atoms with Gasteiger partial charge in [-0.3, -0.25) is 14.5 Å². The molecular formula is C29H27NO7. The van der Waals surface area contributed by atoms with E-state index in [-0.39, 0.29) is 11.3 Å². The summed E-state index contributed by atoms with van der Waals surface area (Å²) in [6, 6.07) is 18.1. The van der Waals surface area contributed by atoms with Gasteiger partial charge in [0.2, 0.25) is 0 Å². The van der Waals surface area contributed by atoms with Crippen LogP contribution in [0.2, 0.25) is 0 Å². The number of anilines is 1. The summed E-state index contributed by atoms with van der Waals surface area (Å²) in [5.74, 6) is 0.199. The first-order chi connectivity index (χ1) is 18.0. The van der Waals surface area contributed by atoms with Gasteiger partial charge < -0.3 is 24.1 Å². The highest BCUT2D eigenvalue weighted by Gasteiger charge is 2.48. The molecule has 1 atom stereocenters. The van der Waals surface area contributed by atoms with E-state index in [1.54, 1.807) is 66.7 Å². The number of aliphatic hydroxyl groups is 1. The number of methoxy groups -OCH3 is 1. The summed E-state index contributed by atoms with van der Waals surface area (Å²) in [5.41, 5.74) is 1.31. The molecule has 3 aromatic carbocycles. The quantitative estimate of drug-likeness (QED) is 0.280. The highest BCUT2D eigenvalue weighted by molar-refractivity contribution is 6.51. The second-order valence-corrected chi connectivity index (χ2v) is 8.62. The van der Waals surface area contributed by atoms with Crippen molar-refractivity contribution in [1.82, 2.24) is 0 Å². The second-order valence-electron chi connectivity index (χ2n) is 8.62. The van der Waals surface area contributed by atoms with Gasteiger partial charge in [0.1, 0.15) is 30.5 Å². The minimum Gasteiger partial charge on any atom is -0.507 e. The van der Waals surface area contributed by atoms with Crippen LogP contribution in [0.25, 0.3) is 5.76 Å². The number of aliphatic hydroxyl groups excluding tert-OH is 1. The van der Waals surface area contributed by atoms with Crippen molar-refractivity contribution >= 4 is 23.1 Å². The van der Waals surface area contributed by atoms with Crippen molar-refractivity contribution in [3.63, 3.8) is 0 Å². The second kappa shape index (κ2) is 10.3. The molecule has 0 radical (unpaired) electrons. The maximum atomic E-state index is 13.5. The number of Topliss-reactive ketones (excluding diaryl/α,β-unsaturated/α-hetero) is 1. The summed E-state index contributed by atoms with van der Waals surface area (Å²) in [5, 5.41) is 11.4. The standard InChI is InChI=1S/C29H27NO7/c1-3-13-35-20-8-6-7-18(16-20)27(31)25-26(21-9-4-5-10-22(21)34-2)30(29(33)28(25)32)19-11-12-23-24(17-19)37-15-14-36-23/h4-12,16-17,26,31H,3,13-15H2,1-2H3/b27-25+. The monoisotopic (exact) mass is 501 g/mol. The van der Waals surface area contributed by atoms with Crippen LogP contribution >= 0.6 is 0 Å². The molecule has 1 amide bonds. The number of nitrogens with zero attached hydrogens (tertiary/aromatic N) is 1. The van der Waals surface area contributed by atoms with Gasteiger partial charge in [0.25, 0.3) is 11.7 Å². The minimum absolute atomic E-state index is 0.0444. The molecule has 0 aromatic heterocycles. The Labute approximate surface area is 214 Å². The van der Waals surface area contributed by atoms with Gasteiger partial charge in [0, 0.05) is 22.9 Å². The lowest BCUT2D eigenvalue weighted by molar-refractivity contribution is -0.132. The van der Waals surface area contributed by atoms with Crippen LogP contribution in [0.3, 0.4) is 0 Å². The van der Waals surface area contributed by atoms with E-state index in [0.29, 0.717) is 59.6 Å². The van der Waals surface area contributed by atoms with Gasteiger partial charge in [-0.05, 0) is 36.8 Å². The van der Waals surface area contributed by atoms with E-state index < -0.39 is 17.7 Å². The van der Waals surface area contributed by atoms with Crippen LogP contribution in [0.1, 0.15) is 30.5 Å². The molecule has 0 bridgehead atoms. The summed E-state index contributed by atoms with van der Waals surface area (Å²) in [6.07, 6.45) is 0.824. The molecule has 3 aromatic rings. The smallest absolute Gasteiger partial charge is 0.300 e. The Morgan fingerprint density at radius 3 is 2.57 bits per heavy atom. The number of carbonyl (C=O) groups is 2. The molecule has 2 heterocycles. The summed E-state index contributed by atoms with van der Waals surface area (Å²) in [7, 11) is 1.52. The number of amides is 1. The molecule has 0 saturated carbocycles. The number of benzene rings is 3. The lowest BCUT2D eigenvalue weighted by Gasteiger charge is -2.28. The molecule has 2 aliphatic heterocycles. The molecule has 37 heavy (non-hydrogen) atoms. The van der Waals surface area contributed by atoms with Gasteiger partial charge in [-0.2, -0.15) is 0 Å². The van der Waals surface area contributed by atoms with Crippen molar-refractivity contribution in [1.29, 1.82) is 0 Å². The van der Waals surface area contributed by atoms with Gasteiger partial charge >= 0.3 is 0 Å². The van der Waals surface area contributed by atoms with Crippen molar-refractivity contribution in [3.8, 4) is 23.0 Å². The maximum absolute atomic E-state index is 13.5. The van der Waals surface area contributed by atoms with Crippen molar-refractivity contribution in [3.05, 3.63) is 83.4 Å². The van der Waals surface area contributed by atoms with E-state index in [0.717, 1.165) is 6.42 Å². The van der Waals surface area contributed by atoms with Crippen LogP contribution in [0.4, 0.5) is 5.69 Å². The van der Waals surface area contributed by atoms with Crippen LogP contribution in [-0.4, -0.2) is 43.7 Å². The topological polar surface area (TPSA) is 94.5 Å². The number of ketones is 1. The summed E-state index contributed by atoms with van der Waals surface area (Å²) in [4.78, 5) is 28.4. The zero-order valence-corrected chi connectivity index (χ0v) is 20.6. The van der Waals surface area contributed by atoms with Gasteiger partial charge in [-0.15, -0.1) is 0 Å². The van der Waals surface area contributed by atoms with Gasteiger partial charge in [-0.25, -0.2) is 0 Å². The predicted molar refractivity (Wildman–Crippen MR) is 137 cm³/mol. The maximum Gasteiger partial charge on any atom is 0.300 e. The van der Waals surface area contributed by atoms with Crippen LogP contribution in [0.5, 0.6) is 23.0 Å². The molecule has 2 aliphatic rings. The normalized spacial score (nSPS) is 18.1. The van der Waals surface area contributed by atoms with Gasteiger partial charge in [-0.1, -0.05) is 37.3 Å². The van der Waals surface area contributed by atoms with E-state index in [1.165, 1.54) is 12.0 Å². The average Bonchev–Trinajstić information content (AvgIpc) is 3.21.